The summed E-state index contributed by atoms with van der Waals surface area (Å²) in [6.07, 6.45) is 5.43. The van der Waals surface area contributed by atoms with Crippen LogP contribution < -0.4 is 14.4 Å². The Bertz CT molecular complexity index is 1000. The van der Waals surface area contributed by atoms with E-state index in [-0.39, 0.29) is 17.8 Å². The summed E-state index contributed by atoms with van der Waals surface area (Å²) in [7, 11) is 0. The van der Waals surface area contributed by atoms with Gasteiger partial charge in [-0.2, -0.15) is 17.6 Å². The van der Waals surface area contributed by atoms with Crippen LogP contribution in [0.2, 0.25) is 0 Å². The number of pyridine rings is 1. The van der Waals surface area contributed by atoms with E-state index in [0.29, 0.717) is 11.4 Å². The van der Waals surface area contributed by atoms with E-state index >= 15 is 0 Å². The van der Waals surface area contributed by atoms with Gasteiger partial charge in [0.25, 0.3) is 0 Å². The third-order valence-corrected chi connectivity index (χ3v) is 3.84. The fourth-order valence-corrected chi connectivity index (χ4v) is 2.61. The number of benzene rings is 1. The molecule has 0 spiro atoms. The van der Waals surface area contributed by atoms with Gasteiger partial charge in [-0.3, -0.25) is 4.98 Å². The van der Waals surface area contributed by atoms with Crippen molar-refractivity contribution >= 4 is 17.3 Å². The smallest absolute Gasteiger partial charge is 0.387 e. The van der Waals surface area contributed by atoms with Gasteiger partial charge < -0.3 is 24.5 Å². The van der Waals surface area contributed by atoms with Gasteiger partial charge >= 0.3 is 19.2 Å². The molecule has 2 N–H and O–H groups in total. The highest BCUT2D eigenvalue weighted by Crippen LogP contribution is 2.37. The zero-order valence-electron chi connectivity index (χ0n) is 15.0. The van der Waals surface area contributed by atoms with E-state index in [2.05, 4.69) is 24.4 Å². The van der Waals surface area contributed by atoms with Gasteiger partial charge in [-0.15, -0.1) is 0 Å². The Morgan fingerprint density at radius 1 is 1.00 bits per heavy atom. The molecule has 2 heterocycles. The van der Waals surface area contributed by atoms with Crippen molar-refractivity contribution in [2.45, 2.75) is 19.8 Å². The molecular weight excluding hydrogens is 412 g/mol. The van der Waals surface area contributed by atoms with Gasteiger partial charge in [0.2, 0.25) is 0 Å². The van der Waals surface area contributed by atoms with Gasteiger partial charge in [0.05, 0.1) is 36.0 Å². The van der Waals surface area contributed by atoms with Crippen molar-refractivity contribution in [3.8, 4) is 11.5 Å². The predicted octanol–water partition coefficient (Wildman–Crippen LogP) is 4.04. The van der Waals surface area contributed by atoms with E-state index in [1.54, 1.807) is 0 Å². The summed E-state index contributed by atoms with van der Waals surface area (Å²) in [5.41, 5.74) is 1.02. The van der Waals surface area contributed by atoms with Crippen LogP contribution in [0.1, 0.15) is 16.1 Å². The van der Waals surface area contributed by atoms with Gasteiger partial charge in [0.1, 0.15) is 0 Å². The number of halogens is 4. The number of imidazole rings is 1. The summed E-state index contributed by atoms with van der Waals surface area (Å²) >= 11 is 0. The van der Waals surface area contributed by atoms with Crippen LogP contribution in [0, 0.1) is 0 Å². The number of H-pyrrole nitrogens is 1. The maximum Gasteiger partial charge on any atom is 0.387 e. The molecule has 12 heteroatoms. The van der Waals surface area contributed by atoms with Crippen LogP contribution in [0.3, 0.4) is 0 Å². The fourth-order valence-electron chi connectivity index (χ4n) is 2.61. The summed E-state index contributed by atoms with van der Waals surface area (Å²) in [4.78, 5) is 23.4. The Labute approximate surface area is 166 Å². The molecule has 1 aromatic carbocycles. The number of hydrogen-bond acceptors (Lipinski definition) is 6. The number of rotatable bonds is 9. The van der Waals surface area contributed by atoms with Crippen LogP contribution in [0.4, 0.5) is 28.9 Å². The predicted molar refractivity (Wildman–Crippen MR) is 95.3 cm³/mol. The first-order valence-electron chi connectivity index (χ1n) is 8.30. The number of anilines is 2. The van der Waals surface area contributed by atoms with Crippen molar-refractivity contribution in [2.75, 3.05) is 4.90 Å². The van der Waals surface area contributed by atoms with Crippen LogP contribution in [-0.4, -0.2) is 39.3 Å². The molecule has 0 atom stereocenters. The van der Waals surface area contributed by atoms with Crippen molar-refractivity contribution in [1.82, 2.24) is 15.0 Å². The van der Waals surface area contributed by atoms with E-state index in [1.165, 1.54) is 35.8 Å². The maximum atomic E-state index is 12.8. The molecule has 0 aliphatic carbocycles. The first-order valence-corrected chi connectivity index (χ1v) is 8.30. The number of aromatic carboxylic acids is 1. The largest absolute Gasteiger partial charge is 0.478 e. The van der Waals surface area contributed by atoms with E-state index in [1.807, 2.05) is 0 Å². The number of aromatic amines is 1. The zero-order valence-corrected chi connectivity index (χ0v) is 15.0. The Morgan fingerprint density at radius 3 is 2.37 bits per heavy atom. The quantitative estimate of drug-likeness (QED) is 0.498. The normalized spacial score (nSPS) is 11.0. The minimum absolute atomic E-state index is 0.105. The van der Waals surface area contributed by atoms with Crippen molar-refractivity contribution in [2.24, 2.45) is 0 Å². The Hall–Kier alpha value is -3.83. The summed E-state index contributed by atoms with van der Waals surface area (Å²) in [5, 5.41) is 9.22. The molecular formula is C18H14F4N4O4. The molecule has 0 unspecified atom stereocenters. The molecule has 0 aliphatic rings. The summed E-state index contributed by atoms with van der Waals surface area (Å²) < 4.78 is 59.3. The highest BCUT2D eigenvalue weighted by Gasteiger charge is 2.20. The van der Waals surface area contributed by atoms with E-state index in [0.717, 1.165) is 18.3 Å². The van der Waals surface area contributed by atoms with E-state index < -0.39 is 30.7 Å². The van der Waals surface area contributed by atoms with Crippen LogP contribution >= 0.6 is 0 Å². The number of alkyl halides is 4. The van der Waals surface area contributed by atoms with E-state index in [4.69, 9.17) is 0 Å². The average Bonchev–Trinajstić information content (AvgIpc) is 3.20. The van der Waals surface area contributed by atoms with Crippen molar-refractivity contribution in [3.63, 3.8) is 0 Å². The third kappa shape index (κ3) is 5.16. The molecule has 0 aliphatic heterocycles. The maximum absolute atomic E-state index is 12.8. The zero-order chi connectivity index (χ0) is 21.7. The summed E-state index contributed by atoms with van der Waals surface area (Å²) in [6.45, 7) is -6.42. The Balaban J connectivity index is 2.06. The number of carboxylic acid groups (broad SMARTS) is 1. The second-order valence-electron chi connectivity index (χ2n) is 5.79. The molecule has 0 saturated carbocycles. The van der Waals surface area contributed by atoms with Gasteiger partial charge in [0, 0.05) is 24.1 Å². The molecule has 0 amide bonds. The van der Waals surface area contributed by atoms with Crippen LogP contribution in [0.5, 0.6) is 11.5 Å². The van der Waals surface area contributed by atoms with Gasteiger partial charge in [-0.05, 0) is 18.2 Å². The number of carbonyl (C=O) groups is 1. The second kappa shape index (κ2) is 9.11. The SMILES string of the molecule is O=C(O)c1cncc(N(Cc2cnc[nH]2)c2ccc(OC(F)F)c(OC(F)F)c2)c1. The lowest BCUT2D eigenvalue weighted by Crippen LogP contribution is -2.18. The topological polar surface area (TPSA) is 101 Å². The van der Waals surface area contributed by atoms with Crippen LogP contribution in [-0.2, 0) is 6.54 Å². The molecule has 3 rings (SSSR count). The molecule has 0 fully saturated rings. The standard InChI is InChI=1S/C18H14F4N4O4/c19-17(20)29-14-2-1-12(4-15(14)30-18(21)22)26(8-11-6-24-9-25-11)13-3-10(16(27)28)5-23-7-13/h1-7,9,17-18H,8H2,(H,24,25)(H,27,28). The van der Waals surface area contributed by atoms with Crippen LogP contribution in [0.25, 0.3) is 0 Å². The summed E-state index contributed by atoms with van der Waals surface area (Å²) in [6, 6.07) is 4.78. The number of nitrogens with one attached hydrogen (secondary N) is 1. The van der Waals surface area contributed by atoms with Crippen molar-refractivity contribution < 1.29 is 36.9 Å². The molecule has 2 aromatic heterocycles. The first kappa shape index (κ1) is 20.9. The molecule has 0 bridgehead atoms. The average molecular weight is 426 g/mol. The molecule has 0 radical (unpaired) electrons. The minimum Gasteiger partial charge on any atom is -0.478 e. The molecule has 30 heavy (non-hydrogen) atoms. The number of nitrogens with zero attached hydrogens (tertiary/aromatic N) is 3. The van der Waals surface area contributed by atoms with E-state index in [9.17, 15) is 27.5 Å². The van der Waals surface area contributed by atoms with Crippen molar-refractivity contribution in [1.29, 1.82) is 0 Å². The van der Waals surface area contributed by atoms with Gasteiger partial charge in [-0.25, -0.2) is 9.78 Å². The Morgan fingerprint density at radius 2 is 1.73 bits per heavy atom. The van der Waals surface area contributed by atoms with Gasteiger partial charge in [-0.1, -0.05) is 0 Å². The third-order valence-electron chi connectivity index (χ3n) is 3.84. The minimum atomic E-state index is -3.28. The van der Waals surface area contributed by atoms with Gasteiger partial charge in [0.15, 0.2) is 11.5 Å². The number of carboxylic acids is 1. The number of ether oxygens (including phenoxy) is 2. The molecule has 158 valence electrons. The monoisotopic (exact) mass is 426 g/mol. The lowest BCUT2D eigenvalue weighted by atomic mass is 10.2. The first-order chi connectivity index (χ1) is 14.3. The second-order valence-corrected chi connectivity index (χ2v) is 5.79. The molecule has 8 nitrogen and oxygen atoms in total. The highest BCUT2D eigenvalue weighted by molar-refractivity contribution is 5.88. The number of hydrogen-bond donors (Lipinski definition) is 2. The Kier molecular flexibility index (Phi) is 6.35. The fraction of sp³-hybridized carbons (Fsp3) is 0.167. The lowest BCUT2D eigenvalue weighted by molar-refractivity contribution is -0.0692. The van der Waals surface area contributed by atoms with Crippen LogP contribution in [0.15, 0.2) is 49.2 Å². The lowest BCUT2D eigenvalue weighted by Gasteiger charge is -2.25. The molecule has 3 aromatic rings. The van der Waals surface area contributed by atoms with Crippen molar-refractivity contribution in [3.05, 3.63) is 60.4 Å². The molecule has 0 saturated heterocycles. The number of aromatic nitrogens is 3. The summed E-state index contributed by atoms with van der Waals surface area (Å²) in [5.74, 6) is -2.40. The highest BCUT2D eigenvalue weighted by atomic mass is 19.3.